The van der Waals surface area contributed by atoms with Crippen LogP contribution in [0.1, 0.15) is 37.0 Å². The number of benzene rings is 2. The first kappa shape index (κ1) is 24.0. The summed E-state index contributed by atoms with van der Waals surface area (Å²) in [7, 11) is 0. The molecule has 10 heteroatoms. The van der Waals surface area contributed by atoms with Gasteiger partial charge < -0.3 is 14.6 Å². The van der Waals surface area contributed by atoms with Crippen LogP contribution in [-0.2, 0) is 27.0 Å². The summed E-state index contributed by atoms with van der Waals surface area (Å²) in [6.07, 6.45) is -4.76. The van der Waals surface area contributed by atoms with Gasteiger partial charge in [0.05, 0.1) is 11.0 Å². The van der Waals surface area contributed by atoms with Crippen molar-refractivity contribution in [3.63, 3.8) is 0 Å². The number of alkyl halides is 3. The number of imidazole rings is 1. The zero-order chi connectivity index (χ0) is 24.4. The SMILES string of the molecule is CC(C)(C)C(=O)Nc1ccc(C(=O)COC(=O)Cn2c(C(F)(F)F)nc3ccccc32)cc1. The zero-order valence-corrected chi connectivity index (χ0v) is 18.2. The van der Waals surface area contributed by atoms with Crippen LogP contribution in [0.5, 0.6) is 0 Å². The van der Waals surface area contributed by atoms with E-state index in [0.717, 1.165) is 4.57 Å². The van der Waals surface area contributed by atoms with E-state index in [1.165, 1.54) is 48.5 Å². The molecule has 0 saturated carbocycles. The summed E-state index contributed by atoms with van der Waals surface area (Å²) in [5, 5.41) is 2.72. The fourth-order valence-electron chi connectivity index (χ4n) is 2.91. The van der Waals surface area contributed by atoms with Crippen LogP contribution in [0.15, 0.2) is 48.5 Å². The van der Waals surface area contributed by atoms with Gasteiger partial charge in [-0.15, -0.1) is 0 Å². The Morgan fingerprint density at radius 2 is 1.64 bits per heavy atom. The van der Waals surface area contributed by atoms with Crippen LogP contribution in [0.4, 0.5) is 18.9 Å². The lowest BCUT2D eigenvalue weighted by Crippen LogP contribution is -2.27. The lowest BCUT2D eigenvalue weighted by atomic mass is 9.95. The molecule has 0 atom stereocenters. The lowest BCUT2D eigenvalue weighted by Gasteiger charge is -2.17. The van der Waals surface area contributed by atoms with Gasteiger partial charge in [-0.1, -0.05) is 32.9 Å². The molecule has 7 nitrogen and oxygen atoms in total. The number of aromatic nitrogens is 2. The maximum absolute atomic E-state index is 13.3. The first-order valence-electron chi connectivity index (χ1n) is 9.99. The van der Waals surface area contributed by atoms with Gasteiger partial charge in [-0.3, -0.25) is 14.4 Å². The van der Waals surface area contributed by atoms with Crippen molar-refractivity contribution in [2.24, 2.45) is 5.41 Å². The number of amides is 1. The molecule has 174 valence electrons. The lowest BCUT2D eigenvalue weighted by molar-refractivity contribution is -0.150. The summed E-state index contributed by atoms with van der Waals surface area (Å²) < 4.78 is 45.6. The molecule has 1 aromatic heterocycles. The van der Waals surface area contributed by atoms with E-state index in [4.69, 9.17) is 4.74 Å². The van der Waals surface area contributed by atoms with E-state index >= 15 is 0 Å². The summed E-state index contributed by atoms with van der Waals surface area (Å²) in [6.45, 7) is 3.90. The van der Waals surface area contributed by atoms with Gasteiger partial charge in [0.2, 0.25) is 11.7 Å². The summed E-state index contributed by atoms with van der Waals surface area (Å²) in [5.41, 5.74) is 0.346. The molecule has 3 aromatic rings. The average molecular weight is 461 g/mol. The predicted molar refractivity (Wildman–Crippen MR) is 115 cm³/mol. The number of carbonyl (C=O) groups excluding carboxylic acids is 3. The Labute approximate surface area is 187 Å². The van der Waals surface area contributed by atoms with E-state index in [-0.39, 0.29) is 22.5 Å². The quantitative estimate of drug-likeness (QED) is 0.432. The number of rotatable bonds is 6. The van der Waals surface area contributed by atoms with Gasteiger partial charge in [0, 0.05) is 16.7 Å². The van der Waals surface area contributed by atoms with Crippen LogP contribution < -0.4 is 5.32 Å². The molecular weight excluding hydrogens is 439 g/mol. The summed E-state index contributed by atoms with van der Waals surface area (Å²) in [6, 6.07) is 11.9. The maximum atomic E-state index is 13.3. The summed E-state index contributed by atoms with van der Waals surface area (Å²) >= 11 is 0. The number of ether oxygens (including phenoxy) is 1. The molecule has 33 heavy (non-hydrogen) atoms. The van der Waals surface area contributed by atoms with Crippen LogP contribution in [0, 0.1) is 5.41 Å². The fourth-order valence-corrected chi connectivity index (χ4v) is 2.91. The number of hydrogen-bond donors (Lipinski definition) is 1. The Kier molecular flexibility index (Phi) is 6.57. The predicted octanol–water partition coefficient (Wildman–Crippen LogP) is 4.47. The van der Waals surface area contributed by atoms with Crippen LogP contribution in [-0.4, -0.2) is 33.8 Å². The van der Waals surface area contributed by atoms with Crippen molar-refractivity contribution >= 4 is 34.4 Å². The van der Waals surface area contributed by atoms with E-state index < -0.39 is 42.3 Å². The van der Waals surface area contributed by atoms with Crippen LogP contribution >= 0.6 is 0 Å². The number of Topliss-reactive ketones (excluding diaryl/α,β-unsaturated/α-hetero) is 1. The number of halogens is 3. The number of hydrogen-bond acceptors (Lipinski definition) is 5. The van der Waals surface area contributed by atoms with E-state index in [0.29, 0.717) is 5.69 Å². The van der Waals surface area contributed by atoms with Crippen molar-refractivity contribution in [3.8, 4) is 0 Å². The van der Waals surface area contributed by atoms with Gasteiger partial charge in [0.1, 0.15) is 6.54 Å². The molecule has 1 amide bonds. The third kappa shape index (κ3) is 5.76. The molecule has 0 bridgehead atoms. The molecule has 0 fully saturated rings. The molecule has 0 unspecified atom stereocenters. The number of anilines is 1. The van der Waals surface area contributed by atoms with E-state index in [2.05, 4.69) is 10.3 Å². The van der Waals surface area contributed by atoms with Gasteiger partial charge in [-0.25, -0.2) is 4.98 Å². The Hall–Kier alpha value is -3.69. The van der Waals surface area contributed by atoms with Gasteiger partial charge in [0.15, 0.2) is 12.4 Å². The number of fused-ring (bicyclic) bond motifs is 1. The van der Waals surface area contributed by atoms with Crippen LogP contribution in [0.3, 0.4) is 0 Å². The summed E-state index contributed by atoms with van der Waals surface area (Å²) in [5.74, 6) is -2.96. The number of esters is 1. The Morgan fingerprint density at radius 3 is 2.24 bits per heavy atom. The molecule has 0 aliphatic heterocycles. The number of ketones is 1. The van der Waals surface area contributed by atoms with Crippen LogP contribution in [0.2, 0.25) is 0 Å². The summed E-state index contributed by atoms with van der Waals surface area (Å²) in [4.78, 5) is 40.1. The van der Waals surface area contributed by atoms with Crippen molar-refractivity contribution in [1.29, 1.82) is 0 Å². The fraction of sp³-hybridized carbons (Fsp3) is 0.304. The highest BCUT2D eigenvalue weighted by Gasteiger charge is 2.38. The Bertz CT molecular complexity index is 1190. The number of nitrogens with zero attached hydrogens (tertiary/aromatic N) is 2. The first-order chi connectivity index (χ1) is 15.4. The van der Waals surface area contributed by atoms with Gasteiger partial charge >= 0.3 is 12.1 Å². The first-order valence-corrected chi connectivity index (χ1v) is 9.99. The molecule has 2 aromatic carbocycles. The largest absolute Gasteiger partial charge is 0.456 e. The van der Waals surface area contributed by atoms with Crippen molar-refractivity contribution in [2.75, 3.05) is 11.9 Å². The third-order valence-corrected chi connectivity index (χ3v) is 4.71. The topological polar surface area (TPSA) is 90.3 Å². The van der Waals surface area contributed by atoms with E-state index in [1.807, 2.05) is 0 Å². The molecule has 0 spiro atoms. The Balaban J connectivity index is 1.64. The monoisotopic (exact) mass is 461 g/mol. The van der Waals surface area contributed by atoms with Crippen molar-refractivity contribution in [2.45, 2.75) is 33.5 Å². The van der Waals surface area contributed by atoms with Gasteiger partial charge in [-0.2, -0.15) is 13.2 Å². The van der Waals surface area contributed by atoms with Crippen molar-refractivity contribution in [1.82, 2.24) is 9.55 Å². The smallest absolute Gasteiger partial charge is 0.449 e. The highest BCUT2D eigenvalue weighted by molar-refractivity contribution is 5.99. The number of para-hydroxylation sites is 2. The van der Waals surface area contributed by atoms with Gasteiger partial charge in [0.25, 0.3) is 0 Å². The maximum Gasteiger partial charge on any atom is 0.449 e. The normalized spacial score (nSPS) is 11.9. The highest BCUT2D eigenvalue weighted by Crippen LogP contribution is 2.31. The second-order valence-corrected chi connectivity index (χ2v) is 8.37. The number of nitrogens with one attached hydrogen (secondary N) is 1. The van der Waals surface area contributed by atoms with Crippen molar-refractivity contribution < 1.29 is 32.3 Å². The molecule has 0 radical (unpaired) electrons. The minimum Gasteiger partial charge on any atom is -0.456 e. The minimum absolute atomic E-state index is 0.0901. The Morgan fingerprint density at radius 1 is 1.00 bits per heavy atom. The van der Waals surface area contributed by atoms with Crippen molar-refractivity contribution in [3.05, 3.63) is 59.9 Å². The minimum atomic E-state index is -4.76. The average Bonchev–Trinajstić information content (AvgIpc) is 3.11. The second kappa shape index (κ2) is 9.05. The molecule has 0 aliphatic carbocycles. The molecule has 1 heterocycles. The zero-order valence-electron chi connectivity index (χ0n) is 18.2. The highest BCUT2D eigenvalue weighted by atomic mass is 19.4. The van der Waals surface area contributed by atoms with E-state index in [1.54, 1.807) is 20.8 Å². The molecule has 1 N–H and O–H groups in total. The van der Waals surface area contributed by atoms with Crippen LogP contribution in [0.25, 0.3) is 11.0 Å². The molecule has 0 aliphatic rings. The van der Waals surface area contributed by atoms with E-state index in [9.17, 15) is 27.6 Å². The standard InChI is InChI=1S/C23H22F3N3O4/c1-22(2,3)21(32)27-15-10-8-14(9-11-15)18(30)13-33-19(31)12-29-17-7-5-4-6-16(17)28-20(29)23(24,25)26/h4-11H,12-13H2,1-3H3,(H,27,32). The molecule has 0 saturated heterocycles. The number of carbonyl (C=O) groups is 3. The second-order valence-electron chi connectivity index (χ2n) is 8.37. The van der Waals surface area contributed by atoms with Gasteiger partial charge in [-0.05, 0) is 36.4 Å². The molecule has 3 rings (SSSR count). The third-order valence-electron chi connectivity index (χ3n) is 4.71. The molecular formula is C23H22F3N3O4.